The summed E-state index contributed by atoms with van der Waals surface area (Å²) in [4.78, 5) is 15.2. The summed E-state index contributed by atoms with van der Waals surface area (Å²) < 4.78 is 39.7. The second-order valence-corrected chi connectivity index (χ2v) is 5.38. The fourth-order valence-electron chi connectivity index (χ4n) is 2.48. The van der Waals surface area contributed by atoms with Crippen LogP contribution in [0.1, 0.15) is 5.56 Å². The standard InChI is InChI=1S/C17H14F3N3O/c18-11-5-6-14(16(20)15(11)19)23-17(24)12(21)7-9-8-22-13-4-2-1-3-10(9)13/h1-6,8,12,22H,7,21H2,(H,23,24)/t12-/m0/s1. The topological polar surface area (TPSA) is 70.9 Å². The molecular formula is C17H14F3N3O. The predicted molar refractivity (Wildman–Crippen MR) is 84.9 cm³/mol. The molecule has 1 atom stereocenters. The number of hydrogen-bond donors (Lipinski definition) is 3. The lowest BCUT2D eigenvalue weighted by Gasteiger charge is -2.13. The van der Waals surface area contributed by atoms with Crippen molar-refractivity contribution in [3.63, 3.8) is 0 Å². The number of para-hydroxylation sites is 1. The van der Waals surface area contributed by atoms with Gasteiger partial charge >= 0.3 is 0 Å². The number of hydrogen-bond acceptors (Lipinski definition) is 2. The van der Waals surface area contributed by atoms with Crippen LogP contribution in [-0.2, 0) is 11.2 Å². The maximum atomic E-state index is 13.6. The molecule has 0 saturated carbocycles. The average molecular weight is 333 g/mol. The Kier molecular flexibility index (Phi) is 4.26. The van der Waals surface area contributed by atoms with E-state index < -0.39 is 35.1 Å². The molecule has 3 aromatic rings. The number of carbonyl (C=O) groups excluding carboxylic acids is 1. The molecule has 7 heteroatoms. The van der Waals surface area contributed by atoms with Gasteiger partial charge in [0.05, 0.1) is 11.7 Å². The van der Waals surface area contributed by atoms with E-state index in [-0.39, 0.29) is 6.42 Å². The van der Waals surface area contributed by atoms with Gasteiger partial charge in [0.25, 0.3) is 0 Å². The van der Waals surface area contributed by atoms with Crippen molar-refractivity contribution < 1.29 is 18.0 Å². The Balaban J connectivity index is 1.75. The van der Waals surface area contributed by atoms with Crippen LogP contribution >= 0.6 is 0 Å². The Labute approximate surface area is 135 Å². The monoisotopic (exact) mass is 333 g/mol. The minimum Gasteiger partial charge on any atom is -0.361 e. The molecule has 3 rings (SSSR count). The number of carbonyl (C=O) groups is 1. The molecule has 24 heavy (non-hydrogen) atoms. The van der Waals surface area contributed by atoms with Gasteiger partial charge in [0.1, 0.15) is 0 Å². The second kappa shape index (κ2) is 6.37. The first-order valence-electron chi connectivity index (χ1n) is 7.22. The quantitative estimate of drug-likeness (QED) is 0.642. The molecule has 0 bridgehead atoms. The van der Waals surface area contributed by atoms with Gasteiger partial charge in [-0.3, -0.25) is 4.79 Å². The summed E-state index contributed by atoms with van der Waals surface area (Å²) in [5.74, 6) is -5.11. The van der Waals surface area contributed by atoms with Crippen LogP contribution in [0.5, 0.6) is 0 Å². The minimum absolute atomic E-state index is 0.209. The van der Waals surface area contributed by atoms with Crippen LogP contribution in [0.15, 0.2) is 42.6 Å². The van der Waals surface area contributed by atoms with Gasteiger partial charge in [0, 0.05) is 17.1 Å². The van der Waals surface area contributed by atoms with Crippen molar-refractivity contribution in [3.05, 3.63) is 65.6 Å². The molecule has 1 aromatic heterocycles. The van der Waals surface area contributed by atoms with Gasteiger partial charge in [-0.15, -0.1) is 0 Å². The highest BCUT2D eigenvalue weighted by Gasteiger charge is 2.20. The molecule has 1 heterocycles. The summed E-state index contributed by atoms with van der Waals surface area (Å²) in [6.07, 6.45) is 1.96. The fraction of sp³-hybridized carbons (Fsp3) is 0.118. The van der Waals surface area contributed by atoms with Crippen molar-refractivity contribution in [2.24, 2.45) is 5.73 Å². The number of halogens is 3. The first-order valence-corrected chi connectivity index (χ1v) is 7.22. The third-order valence-electron chi connectivity index (χ3n) is 3.74. The number of H-pyrrole nitrogens is 1. The van der Waals surface area contributed by atoms with E-state index in [1.807, 2.05) is 24.3 Å². The maximum Gasteiger partial charge on any atom is 0.241 e. The first kappa shape index (κ1) is 16.1. The fourth-order valence-corrected chi connectivity index (χ4v) is 2.48. The average Bonchev–Trinajstić information content (AvgIpc) is 2.98. The molecule has 1 amide bonds. The van der Waals surface area contributed by atoms with Crippen LogP contribution in [0.2, 0.25) is 0 Å². The van der Waals surface area contributed by atoms with Gasteiger partial charge in [-0.05, 0) is 30.2 Å². The van der Waals surface area contributed by atoms with Crippen LogP contribution in [0, 0.1) is 17.5 Å². The number of nitrogens with two attached hydrogens (primary N) is 1. The number of rotatable bonds is 4. The largest absolute Gasteiger partial charge is 0.361 e. The Hall–Kier alpha value is -2.80. The van der Waals surface area contributed by atoms with Crippen molar-refractivity contribution in [1.82, 2.24) is 4.98 Å². The summed E-state index contributed by atoms with van der Waals surface area (Å²) in [7, 11) is 0. The van der Waals surface area contributed by atoms with Crippen molar-refractivity contribution in [1.29, 1.82) is 0 Å². The van der Waals surface area contributed by atoms with Crippen molar-refractivity contribution >= 4 is 22.5 Å². The number of aromatic amines is 1. The Bertz CT molecular complexity index is 907. The lowest BCUT2D eigenvalue weighted by atomic mass is 10.0. The molecule has 0 aliphatic heterocycles. The molecule has 0 unspecified atom stereocenters. The number of aromatic nitrogens is 1. The molecule has 0 radical (unpaired) electrons. The minimum atomic E-state index is -1.64. The number of fused-ring (bicyclic) bond motifs is 1. The normalized spacial score (nSPS) is 12.3. The molecule has 0 fully saturated rings. The van der Waals surface area contributed by atoms with Crippen molar-refractivity contribution in [2.45, 2.75) is 12.5 Å². The van der Waals surface area contributed by atoms with Gasteiger partial charge in [0.15, 0.2) is 17.5 Å². The maximum absolute atomic E-state index is 13.6. The summed E-state index contributed by atoms with van der Waals surface area (Å²) >= 11 is 0. The Morgan fingerprint density at radius 3 is 2.67 bits per heavy atom. The third kappa shape index (κ3) is 2.98. The molecule has 124 valence electrons. The Morgan fingerprint density at radius 1 is 1.12 bits per heavy atom. The molecule has 0 spiro atoms. The van der Waals surface area contributed by atoms with Gasteiger partial charge < -0.3 is 16.0 Å². The molecule has 0 saturated heterocycles. The van der Waals surface area contributed by atoms with E-state index in [9.17, 15) is 18.0 Å². The highest BCUT2D eigenvalue weighted by Crippen LogP contribution is 2.21. The van der Waals surface area contributed by atoms with Crippen LogP contribution in [-0.4, -0.2) is 16.9 Å². The van der Waals surface area contributed by atoms with Gasteiger partial charge in [-0.1, -0.05) is 18.2 Å². The lowest BCUT2D eigenvalue weighted by Crippen LogP contribution is -2.37. The molecule has 2 aromatic carbocycles. The molecule has 4 nitrogen and oxygen atoms in total. The number of amides is 1. The predicted octanol–water partition coefficient (Wildman–Crippen LogP) is 3.09. The molecular weight excluding hydrogens is 319 g/mol. The number of anilines is 1. The van der Waals surface area contributed by atoms with Crippen LogP contribution in [0.4, 0.5) is 18.9 Å². The third-order valence-corrected chi connectivity index (χ3v) is 3.74. The molecule has 0 aliphatic carbocycles. The van der Waals surface area contributed by atoms with Gasteiger partial charge in [-0.2, -0.15) is 0 Å². The summed E-state index contributed by atoms with van der Waals surface area (Å²) in [5, 5.41) is 3.11. The molecule has 0 aliphatic rings. The zero-order valence-corrected chi connectivity index (χ0v) is 12.4. The van der Waals surface area contributed by atoms with Gasteiger partial charge in [-0.25, -0.2) is 13.2 Å². The van der Waals surface area contributed by atoms with E-state index in [0.717, 1.165) is 28.6 Å². The van der Waals surface area contributed by atoms with E-state index in [1.165, 1.54) is 0 Å². The number of nitrogens with one attached hydrogen (secondary N) is 2. The van der Waals surface area contributed by atoms with Crippen LogP contribution < -0.4 is 11.1 Å². The SMILES string of the molecule is N[C@@H](Cc1c[nH]c2ccccc12)C(=O)Nc1ccc(F)c(F)c1F. The highest BCUT2D eigenvalue weighted by atomic mass is 19.2. The second-order valence-electron chi connectivity index (χ2n) is 5.38. The lowest BCUT2D eigenvalue weighted by molar-refractivity contribution is -0.117. The Morgan fingerprint density at radius 2 is 1.88 bits per heavy atom. The molecule has 4 N–H and O–H groups in total. The summed E-state index contributed by atoms with van der Waals surface area (Å²) in [6, 6.07) is 8.23. The van der Waals surface area contributed by atoms with Crippen LogP contribution in [0.3, 0.4) is 0 Å². The zero-order valence-electron chi connectivity index (χ0n) is 12.4. The van der Waals surface area contributed by atoms with Crippen molar-refractivity contribution in [2.75, 3.05) is 5.32 Å². The first-order chi connectivity index (χ1) is 11.5. The number of benzene rings is 2. The van der Waals surface area contributed by atoms with E-state index in [0.29, 0.717) is 0 Å². The summed E-state index contributed by atoms with van der Waals surface area (Å²) in [5.41, 5.74) is 7.14. The van der Waals surface area contributed by atoms with E-state index in [1.54, 1.807) is 6.20 Å². The highest BCUT2D eigenvalue weighted by molar-refractivity contribution is 5.95. The van der Waals surface area contributed by atoms with Crippen molar-refractivity contribution in [3.8, 4) is 0 Å². The smallest absolute Gasteiger partial charge is 0.241 e. The van der Waals surface area contributed by atoms with E-state index in [2.05, 4.69) is 10.3 Å². The van der Waals surface area contributed by atoms with Crippen LogP contribution in [0.25, 0.3) is 10.9 Å². The van der Waals surface area contributed by atoms with E-state index >= 15 is 0 Å². The van der Waals surface area contributed by atoms with Gasteiger partial charge in [0.2, 0.25) is 5.91 Å². The zero-order chi connectivity index (χ0) is 17.3. The summed E-state index contributed by atoms with van der Waals surface area (Å²) in [6.45, 7) is 0. The van der Waals surface area contributed by atoms with E-state index in [4.69, 9.17) is 5.73 Å².